The highest BCUT2D eigenvalue weighted by Crippen LogP contribution is 2.31. The summed E-state index contributed by atoms with van der Waals surface area (Å²) >= 11 is 0. The van der Waals surface area contributed by atoms with Crippen molar-refractivity contribution in [2.24, 2.45) is 0 Å². The van der Waals surface area contributed by atoms with Crippen LogP contribution in [0, 0.1) is 0 Å². The van der Waals surface area contributed by atoms with Crippen molar-refractivity contribution in [3.63, 3.8) is 0 Å². The average molecular weight is 233 g/mol. The molecular formula is C14H19NO2. The van der Waals surface area contributed by atoms with Gasteiger partial charge in [-0.05, 0) is 43.9 Å². The smallest absolute Gasteiger partial charge is 0.337 e. The molecule has 3 nitrogen and oxygen atoms in total. The van der Waals surface area contributed by atoms with Crippen molar-refractivity contribution in [2.45, 2.75) is 38.3 Å². The van der Waals surface area contributed by atoms with Gasteiger partial charge < -0.3 is 10.1 Å². The maximum absolute atomic E-state index is 11.3. The second-order valence-electron chi connectivity index (χ2n) is 4.96. The molecule has 0 aliphatic heterocycles. The fraction of sp³-hybridized carbons (Fsp3) is 0.500. The molecule has 0 radical (unpaired) electrons. The lowest BCUT2D eigenvalue weighted by atomic mass is 9.78. The molecule has 0 heterocycles. The van der Waals surface area contributed by atoms with Crippen molar-refractivity contribution < 1.29 is 9.53 Å². The predicted octanol–water partition coefficient (Wildman–Crippen LogP) is 2.51. The Bertz CT molecular complexity index is 393. The molecule has 1 aliphatic rings. The zero-order valence-electron chi connectivity index (χ0n) is 10.5. The van der Waals surface area contributed by atoms with E-state index in [-0.39, 0.29) is 5.97 Å². The summed E-state index contributed by atoms with van der Waals surface area (Å²) in [7, 11) is 1.40. The molecule has 1 saturated carbocycles. The molecule has 1 aliphatic carbocycles. The second kappa shape index (κ2) is 4.88. The summed E-state index contributed by atoms with van der Waals surface area (Å²) in [5.74, 6) is -0.282. The van der Waals surface area contributed by atoms with Crippen molar-refractivity contribution in [1.29, 1.82) is 0 Å². The van der Waals surface area contributed by atoms with E-state index >= 15 is 0 Å². The summed E-state index contributed by atoms with van der Waals surface area (Å²) in [6, 6.07) is 7.57. The normalized spacial score (nSPS) is 17.3. The first-order valence-electron chi connectivity index (χ1n) is 6.05. The zero-order valence-corrected chi connectivity index (χ0v) is 10.5. The number of carbonyl (C=O) groups is 1. The van der Waals surface area contributed by atoms with Crippen LogP contribution in [0.5, 0.6) is 0 Å². The van der Waals surface area contributed by atoms with Crippen molar-refractivity contribution in [3.8, 4) is 0 Å². The molecule has 92 valence electrons. The SMILES string of the molecule is COC(=O)c1ccc(CNC2(C)CCC2)cc1. The van der Waals surface area contributed by atoms with E-state index in [9.17, 15) is 4.79 Å². The summed E-state index contributed by atoms with van der Waals surface area (Å²) in [6.45, 7) is 3.12. The first-order valence-corrected chi connectivity index (χ1v) is 6.05. The summed E-state index contributed by atoms with van der Waals surface area (Å²) in [4.78, 5) is 11.3. The van der Waals surface area contributed by atoms with Crippen LogP contribution in [0.4, 0.5) is 0 Å². The summed E-state index contributed by atoms with van der Waals surface area (Å²) in [5, 5.41) is 3.56. The van der Waals surface area contributed by atoms with Gasteiger partial charge in [0.1, 0.15) is 0 Å². The van der Waals surface area contributed by atoms with Crippen LogP contribution in [-0.4, -0.2) is 18.6 Å². The molecule has 1 aromatic carbocycles. The molecule has 0 unspecified atom stereocenters. The number of esters is 1. The number of nitrogens with one attached hydrogen (secondary N) is 1. The van der Waals surface area contributed by atoms with Crippen LogP contribution < -0.4 is 5.32 Å². The molecule has 2 rings (SSSR count). The Morgan fingerprint density at radius 3 is 2.47 bits per heavy atom. The van der Waals surface area contributed by atoms with E-state index in [1.807, 2.05) is 24.3 Å². The Morgan fingerprint density at radius 2 is 2.00 bits per heavy atom. The number of hydrogen-bond donors (Lipinski definition) is 1. The van der Waals surface area contributed by atoms with E-state index in [0.717, 1.165) is 6.54 Å². The summed E-state index contributed by atoms with van der Waals surface area (Å²) < 4.78 is 4.66. The van der Waals surface area contributed by atoms with Crippen molar-refractivity contribution >= 4 is 5.97 Å². The van der Waals surface area contributed by atoms with Gasteiger partial charge in [-0.25, -0.2) is 4.79 Å². The van der Waals surface area contributed by atoms with Crippen LogP contribution in [-0.2, 0) is 11.3 Å². The minimum absolute atomic E-state index is 0.282. The van der Waals surface area contributed by atoms with Crippen molar-refractivity contribution in [2.75, 3.05) is 7.11 Å². The van der Waals surface area contributed by atoms with E-state index < -0.39 is 0 Å². The standard InChI is InChI=1S/C14H19NO2/c1-14(8-3-9-14)15-10-11-4-6-12(7-5-11)13(16)17-2/h4-7,15H,3,8-10H2,1-2H3. The molecule has 0 bridgehead atoms. The largest absolute Gasteiger partial charge is 0.465 e. The third kappa shape index (κ3) is 2.86. The van der Waals surface area contributed by atoms with Gasteiger partial charge in [0.2, 0.25) is 0 Å². The Balaban J connectivity index is 1.91. The molecule has 0 amide bonds. The fourth-order valence-corrected chi connectivity index (χ4v) is 2.08. The average Bonchev–Trinajstić information content (AvgIpc) is 2.33. The van der Waals surface area contributed by atoms with Gasteiger partial charge in [0.25, 0.3) is 0 Å². The lowest BCUT2D eigenvalue weighted by Crippen LogP contribution is -2.47. The molecule has 3 heteroatoms. The van der Waals surface area contributed by atoms with E-state index in [2.05, 4.69) is 17.0 Å². The van der Waals surface area contributed by atoms with E-state index in [1.165, 1.54) is 31.9 Å². The van der Waals surface area contributed by atoms with Gasteiger partial charge in [0, 0.05) is 12.1 Å². The highest BCUT2D eigenvalue weighted by atomic mass is 16.5. The molecule has 0 saturated heterocycles. The zero-order chi connectivity index (χ0) is 12.3. The molecule has 0 aromatic heterocycles. The van der Waals surface area contributed by atoms with Gasteiger partial charge in [0.15, 0.2) is 0 Å². The summed E-state index contributed by atoms with van der Waals surface area (Å²) in [5.41, 5.74) is 2.12. The molecule has 17 heavy (non-hydrogen) atoms. The predicted molar refractivity (Wildman–Crippen MR) is 66.9 cm³/mol. The van der Waals surface area contributed by atoms with Gasteiger partial charge in [-0.2, -0.15) is 0 Å². The number of carbonyl (C=O) groups excluding carboxylic acids is 1. The molecule has 1 fully saturated rings. The maximum Gasteiger partial charge on any atom is 0.337 e. The third-order valence-electron chi connectivity index (χ3n) is 3.55. The number of hydrogen-bond acceptors (Lipinski definition) is 3. The minimum Gasteiger partial charge on any atom is -0.465 e. The van der Waals surface area contributed by atoms with E-state index in [1.54, 1.807) is 0 Å². The Hall–Kier alpha value is -1.35. The Labute approximate surface area is 102 Å². The quantitative estimate of drug-likeness (QED) is 0.812. The van der Waals surface area contributed by atoms with Gasteiger partial charge in [-0.3, -0.25) is 0 Å². The van der Waals surface area contributed by atoms with Crippen LogP contribution in [0.1, 0.15) is 42.1 Å². The summed E-state index contributed by atoms with van der Waals surface area (Å²) in [6.07, 6.45) is 3.84. The number of ether oxygens (including phenoxy) is 1. The number of rotatable bonds is 4. The van der Waals surface area contributed by atoms with Gasteiger partial charge >= 0.3 is 5.97 Å². The number of methoxy groups -OCH3 is 1. The van der Waals surface area contributed by atoms with Crippen LogP contribution in [0.3, 0.4) is 0 Å². The van der Waals surface area contributed by atoms with Crippen LogP contribution in [0.25, 0.3) is 0 Å². The molecule has 0 atom stereocenters. The monoisotopic (exact) mass is 233 g/mol. The first kappa shape index (κ1) is 12.1. The van der Waals surface area contributed by atoms with Gasteiger partial charge in [-0.1, -0.05) is 12.1 Å². The van der Waals surface area contributed by atoms with Crippen LogP contribution in [0.2, 0.25) is 0 Å². The lowest BCUT2D eigenvalue weighted by Gasteiger charge is -2.39. The minimum atomic E-state index is -0.282. The highest BCUT2D eigenvalue weighted by molar-refractivity contribution is 5.89. The molecule has 0 spiro atoms. The van der Waals surface area contributed by atoms with Gasteiger partial charge in [0.05, 0.1) is 12.7 Å². The Kier molecular flexibility index (Phi) is 3.48. The Morgan fingerprint density at radius 1 is 1.35 bits per heavy atom. The molecular weight excluding hydrogens is 214 g/mol. The van der Waals surface area contributed by atoms with Crippen LogP contribution in [0.15, 0.2) is 24.3 Å². The first-order chi connectivity index (χ1) is 8.13. The van der Waals surface area contributed by atoms with Crippen molar-refractivity contribution in [3.05, 3.63) is 35.4 Å². The number of benzene rings is 1. The second-order valence-corrected chi connectivity index (χ2v) is 4.96. The topological polar surface area (TPSA) is 38.3 Å². The van der Waals surface area contributed by atoms with E-state index in [0.29, 0.717) is 11.1 Å². The van der Waals surface area contributed by atoms with Gasteiger partial charge in [-0.15, -0.1) is 0 Å². The lowest BCUT2D eigenvalue weighted by molar-refractivity contribution is 0.0600. The maximum atomic E-state index is 11.3. The molecule has 1 N–H and O–H groups in total. The molecule has 1 aromatic rings. The highest BCUT2D eigenvalue weighted by Gasteiger charge is 2.30. The third-order valence-corrected chi connectivity index (χ3v) is 3.55. The fourth-order valence-electron chi connectivity index (χ4n) is 2.08. The van der Waals surface area contributed by atoms with Crippen molar-refractivity contribution in [1.82, 2.24) is 5.32 Å². The van der Waals surface area contributed by atoms with Crippen LogP contribution >= 0.6 is 0 Å². The van der Waals surface area contributed by atoms with E-state index in [4.69, 9.17) is 0 Å².